The summed E-state index contributed by atoms with van der Waals surface area (Å²) < 4.78 is 0. The highest BCUT2D eigenvalue weighted by Gasteiger charge is 2.06. The normalized spacial score (nSPS) is 10.0. The molecule has 0 saturated carbocycles. The first kappa shape index (κ1) is 17.2. The highest BCUT2D eigenvalue weighted by molar-refractivity contribution is 6.04. The lowest BCUT2D eigenvalue weighted by Gasteiger charge is -2.11. The quantitative estimate of drug-likeness (QED) is 0.416. The summed E-state index contributed by atoms with van der Waals surface area (Å²) in [4.78, 5) is 12.2. The minimum Gasteiger partial charge on any atom is -0.352 e. The second kappa shape index (κ2) is 8.48. The van der Waals surface area contributed by atoms with Gasteiger partial charge in [-0.3, -0.25) is 10.2 Å². The lowest BCUT2D eigenvalue weighted by molar-refractivity contribution is 0.102. The van der Waals surface area contributed by atoms with E-state index in [-0.39, 0.29) is 11.9 Å². The lowest BCUT2D eigenvalue weighted by Crippen LogP contribution is -2.29. The van der Waals surface area contributed by atoms with E-state index in [1.807, 2.05) is 60.7 Å². The molecule has 0 aliphatic carbocycles. The number of guanidine groups is 1. The van der Waals surface area contributed by atoms with E-state index < -0.39 is 0 Å². The van der Waals surface area contributed by atoms with Gasteiger partial charge < -0.3 is 16.0 Å². The topological polar surface area (TPSA) is 77.0 Å². The Morgan fingerprint density at radius 1 is 0.731 bits per heavy atom. The second-order valence-electron chi connectivity index (χ2n) is 5.74. The molecule has 0 aliphatic rings. The lowest BCUT2D eigenvalue weighted by atomic mass is 10.2. The first-order valence-corrected chi connectivity index (χ1v) is 8.30. The minimum atomic E-state index is -0.167. The molecule has 0 radical (unpaired) electrons. The van der Waals surface area contributed by atoms with E-state index in [0.717, 1.165) is 16.9 Å². The first-order valence-electron chi connectivity index (χ1n) is 8.30. The van der Waals surface area contributed by atoms with Crippen LogP contribution in [0.3, 0.4) is 0 Å². The number of carbonyl (C=O) groups excluding carboxylic acids is 1. The number of hydrogen-bond donors (Lipinski definition) is 4. The van der Waals surface area contributed by atoms with Crippen LogP contribution in [0.2, 0.25) is 0 Å². The van der Waals surface area contributed by atoms with Crippen LogP contribution in [-0.4, -0.2) is 11.9 Å². The Labute approximate surface area is 152 Å². The van der Waals surface area contributed by atoms with Crippen molar-refractivity contribution in [2.24, 2.45) is 0 Å². The standard InChI is InChI=1S/C21H20N4O/c22-21(23-15-16-7-3-1-4-8-16)25-19-13-11-17(12-14-19)20(26)24-18-9-5-2-6-10-18/h1-14H,15H2,(H,24,26)(H3,22,23,25). The van der Waals surface area contributed by atoms with Gasteiger partial charge in [0.2, 0.25) is 0 Å². The van der Waals surface area contributed by atoms with Gasteiger partial charge in [0.25, 0.3) is 5.91 Å². The Hall–Kier alpha value is -3.60. The molecule has 0 fully saturated rings. The van der Waals surface area contributed by atoms with Crippen molar-refractivity contribution in [3.63, 3.8) is 0 Å². The van der Waals surface area contributed by atoms with Crippen LogP contribution in [0.1, 0.15) is 15.9 Å². The molecule has 3 aromatic carbocycles. The zero-order valence-corrected chi connectivity index (χ0v) is 14.2. The number of para-hydroxylation sites is 1. The van der Waals surface area contributed by atoms with Gasteiger partial charge in [0.1, 0.15) is 0 Å². The van der Waals surface area contributed by atoms with Crippen molar-refractivity contribution in [3.8, 4) is 0 Å². The third kappa shape index (κ3) is 4.95. The third-order valence-corrected chi connectivity index (χ3v) is 3.76. The monoisotopic (exact) mass is 344 g/mol. The molecule has 0 aliphatic heterocycles. The van der Waals surface area contributed by atoms with Crippen LogP contribution in [0, 0.1) is 5.41 Å². The summed E-state index contributed by atoms with van der Waals surface area (Å²) >= 11 is 0. The summed E-state index contributed by atoms with van der Waals surface area (Å²) in [5.74, 6) is 0.0374. The highest BCUT2D eigenvalue weighted by Crippen LogP contribution is 2.12. The van der Waals surface area contributed by atoms with Crippen LogP contribution in [0.4, 0.5) is 11.4 Å². The molecule has 0 aromatic heterocycles. The summed E-state index contributed by atoms with van der Waals surface area (Å²) in [6.45, 7) is 0.574. The van der Waals surface area contributed by atoms with Gasteiger partial charge in [-0.2, -0.15) is 0 Å². The molecular weight excluding hydrogens is 324 g/mol. The maximum absolute atomic E-state index is 12.2. The fraction of sp³-hybridized carbons (Fsp3) is 0.0476. The summed E-state index contributed by atoms with van der Waals surface area (Å²) in [6.07, 6.45) is 0. The number of carbonyl (C=O) groups is 1. The Kier molecular flexibility index (Phi) is 5.62. The van der Waals surface area contributed by atoms with Crippen molar-refractivity contribution in [1.29, 1.82) is 5.41 Å². The van der Waals surface area contributed by atoms with Crippen LogP contribution >= 0.6 is 0 Å². The van der Waals surface area contributed by atoms with Crippen molar-refractivity contribution < 1.29 is 4.79 Å². The molecule has 1 amide bonds. The van der Waals surface area contributed by atoms with Gasteiger partial charge in [-0.05, 0) is 42.0 Å². The molecule has 130 valence electrons. The highest BCUT2D eigenvalue weighted by atomic mass is 16.1. The number of benzene rings is 3. The number of rotatable bonds is 5. The smallest absolute Gasteiger partial charge is 0.255 e. The van der Waals surface area contributed by atoms with Crippen molar-refractivity contribution in [3.05, 3.63) is 96.1 Å². The molecule has 3 rings (SSSR count). The maximum Gasteiger partial charge on any atom is 0.255 e. The Balaban J connectivity index is 1.52. The van der Waals surface area contributed by atoms with E-state index in [1.165, 1.54) is 0 Å². The Morgan fingerprint density at radius 2 is 1.31 bits per heavy atom. The number of anilines is 2. The molecule has 0 unspecified atom stereocenters. The van der Waals surface area contributed by atoms with Crippen LogP contribution in [0.15, 0.2) is 84.9 Å². The molecule has 0 bridgehead atoms. The molecule has 3 aromatic rings. The summed E-state index contributed by atoms with van der Waals surface area (Å²) in [6, 6.07) is 26.2. The van der Waals surface area contributed by atoms with Gasteiger partial charge in [0.05, 0.1) is 0 Å². The molecule has 5 heteroatoms. The SMILES string of the molecule is N=C(NCc1ccccc1)Nc1ccc(C(=O)Nc2ccccc2)cc1. The average Bonchev–Trinajstić information content (AvgIpc) is 2.68. The van der Waals surface area contributed by atoms with Crippen molar-refractivity contribution in [2.75, 3.05) is 10.6 Å². The van der Waals surface area contributed by atoms with E-state index >= 15 is 0 Å². The number of hydrogen-bond acceptors (Lipinski definition) is 2. The third-order valence-electron chi connectivity index (χ3n) is 3.76. The fourth-order valence-electron chi connectivity index (χ4n) is 2.40. The zero-order valence-electron chi connectivity index (χ0n) is 14.2. The van der Waals surface area contributed by atoms with E-state index in [9.17, 15) is 4.79 Å². The maximum atomic E-state index is 12.2. The molecule has 5 nitrogen and oxygen atoms in total. The summed E-state index contributed by atoms with van der Waals surface area (Å²) in [7, 11) is 0. The van der Waals surface area contributed by atoms with Gasteiger partial charge >= 0.3 is 0 Å². The predicted molar refractivity (Wildman–Crippen MR) is 105 cm³/mol. The largest absolute Gasteiger partial charge is 0.352 e. The van der Waals surface area contributed by atoms with Gasteiger partial charge in [-0.15, -0.1) is 0 Å². The fourth-order valence-corrected chi connectivity index (χ4v) is 2.40. The van der Waals surface area contributed by atoms with Gasteiger partial charge in [-0.1, -0.05) is 48.5 Å². The second-order valence-corrected chi connectivity index (χ2v) is 5.74. The van der Waals surface area contributed by atoms with Crippen LogP contribution in [0.25, 0.3) is 0 Å². The van der Waals surface area contributed by atoms with E-state index in [0.29, 0.717) is 12.1 Å². The first-order chi connectivity index (χ1) is 12.7. The number of nitrogens with one attached hydrogen (secondary N) is 4. The van der Waals surface area contributed by atoms with Gasteiger partial charge in [0.15, 0.2) is 5.96 Å². The Morgan fingerprint density at radius 3 is 1.96 bits per heavy atom. The van der Waals surface area contributed by atoms with E-state index in [2.05, 4.69) is 16.0 Å². The van der Waals surface area contributed by atoms with Gasteiger partial charge in [-0.25, -0.2) is 0 Å². The molecule has 0 spiro atoms. The average molecular weight is 344 g/mol. The molecule has 0 heterocycles. The van der Waals surface area contributed by atoms with Crippen LogP contribution in [-0.2, 0) is 6.54 Å². The molecule has 0 atom stereocenters. The van der Waals surface area contributed by atoms with Crippen molar-refractivity contribution in [1.82, 2.24) is 5.32 Å². The minimum absolute atomic E-state index is 0.167. The predicted octanol–water partition coefficient (Wildman–Crippen LogP) is 4.08. The molecule has 4 N–H and O–H groups in total. The van der Waals surface area contributed by atoms with Crippen molar-refractivity contribution in [2.45, 2.75) is 6.54 Å². The van der Waals surface area contributed by atoms with Crippen molar-refractivity contribution >= 4 is 23.2 Å². The Bertz CT molecular complexity index is 862. The van der Waals surface area contributed by atoms with Crippen LogP contribution in [0.5, 0.6) is 0 Å². The molecular formula is C21H20N4O. The van der Waals surface area contributed by atoms with Gasteiger partial charge in [0, 0.05) is 23.5 Å². The summed E-state index contributed by atoms with van der Waals surface area (Å²) in [5.41, 5.74) is 3.16. The number of amides is 1. The van der Waals surface area contributed by atoms with E-state index in [1.54, 1.807) is 24.3 Å². The van der Waals surface area contributed by atoms with Crippen LogP contribution < -0.4 is 16.0 Å². The zero-order chi connectivity index (χ0) is 18.2. The summed E-state index contributed by atoms with van der Waals surface area (Å²) in [5, 5.41) is 16.8. The van der Waals surface area contributed by atoms with E-state index in [4.69, 9.17) is 5.41 Å². The molecule has 26 heavy (non-hydrogen) atoms. The molecule has 0 saturated heterocycles.